The Bertz CT molecular complexity index is 1010. The van der Waals surface area contributed by atoms with E-state index in [1.807, 2.05) is 0 Å². The van der Waals surface area contributed by atoms with Crippen molar-refractivity contribution in [1.29, 1.82) is 0 Å². The quantitative estimate of drug-likeness (QED) is 0.801. The van der Waals surface area contributed by atoms with Crippen molar-refractivity contribution in [1.82, 2.24) is 0 Å². The molecule has 28 heavy (non-hydrogen) atoms. The Balaban J connectivity index is 2.19. The van der Waals surface area contributed by atoms with Gasteiger partial charge in [-0.15, -0.1) is 0 Å². The Morgan fingerprint density at radius 3 is 2.32 bits per heavy atom. The number of halogens is 1. The monoisotopic (exact) mass is 408 g/mol. The van der Waals surface area contributed by atoms with Crippen LogP contribution in [0.5, 0.6) is 0 Å². The number of nitrogens with one attached hydrogen (secondary N) is 2. The van der Waals surface area contributed by atoms with E-state index in [-0.39, 0.29) is 21.8 Å². The molecule has 0 atom stereocenters. The second-order valence-corrected chi connectivity index (χ2v) is 9.09. The van der Waals surface area contributed by atoms with Crippen molar-refractivity contribution < 1.29 is 27.1 Å². The smallest absolute Gasteiger partial charge is 0.412 e. The zero-order valence-electron chi connectivity index (χ0n) is 15.9. The van der Waals surface area contributed by atoms with Gasteiger partial charge in [0.1, 0.15) is 11.4 Å². The highest BCUT2D eigenvalue weighted by molar-refractivity contribution is 7.90. The molecule has 0 aliphatic rings. The van der Waals surface area contributed by atoms with Crippen molar-refractivity contribution in [2.75, 3.05) is 16.9 Å². The Hall–Kier alpha value is -2.94. The molecule has 2 amide bonds. The number of carbonyl (C=O) groups excluding carboxylic acids is 2. The van der Waals surface area contributed by atoms with Crippen LogP contribution in [0.2, 0.25) is 0 Å². The van der Waals surface area contributed by atoms with Crippen LogP contribution in [0.3, 0.4) is 0 Å². The topological polar surface area (TPSA) is 102 Å². The highest BCUT2D eigenvalue weighted by atomic mass is 32.2. The molecule has 0 aromatic heterocycles. The van der Waals surface area contributed by atoms with Gasteiger partial charge in [-0.05, 0) is 57.2 Å². The molecular formula is C19H21FN2O5S. The molecule has 2 aromatic rings. The number of rotatable bonds is 4. The Labute approximate surface area is 162 Å². The Morgan fingerprint density at radius 1 is 1.04 bits per heavy atom. The van der Waals surface area contributed by atoms with E-state index in [0.717, 1.165) is 12.3 Å². The van der Waals surface area contributed by atoms with Crippen molar-refractivity contribution in [3.05, 3.63) is 53.8 Å². The predicted molar refractivity (Wildman–Crippen MR) is 104 cm³/mol. The average molecular weight is 408 g/mol. The summed E-state index contributed by atoms with van der Waals surface area (Å²) in [5.74, 6) is -1.29. The molecule has 2 rings (SSSR count). The van der Waals surface area contributed by atoms with Gasteiger partial charge in [0.2, 0.25) is 0 Å². The standard InChI is InChI=1S/C19H21FN2O5S/c1-19(2,3)27-18(24)22-16-11-13(8-9-15(16)20)21-17(23)12-6-5-7-14(10-12)28(4,25)26/h5-11H,1-4H3,(H,21,23)(H,22,24). The van der Waals surface area contributed by atoms with E-state index in [9.17, 15) is 22.4 Å². The summed E-state index contributed by atoms with van der Waals surface area (Å²) in [6.07, 6.45) is 0.203. The van der Waals surface area contributed by atoms with Crippen LogP contribution >= 0.6 is 0 Å². The van der Waals surface area contributed by atoms with Crippen molar-refractivity contribution in [3.8, 4) is 0 Å². The normalized spacial score (nSPS) is 11.6. The van der Waals surface area contributed by atoms with Crippen LogP contribution in [-0.4, -0.2) is 32.3 Å². The van der Waals surface area contributed by atoms with Gasteiger partial charge >= 0.3 is 6.09 Å². The summed E-state index contributed by atoms with van der Waals surface area (Å²) in [6.45, 7) is 5.01. The maximum atomic E-state index is 14.0. The van der Waals surface area contributed by atoms with E-state index in [1.165, 1.54) is 36.4 Å². The second-order valence-electron chi connectivity index (χ2n) is 7.08. The molecule has 0 unspecified atom stereocenters. The molecule has 150 valence electrons. The maximum Gasteiger partial charge on any atom is 0.412 e. The molecule has 0 saturated carbocycles. The predicted octanol–water partition coefficient (Wildman–Crippen LogP) is 3.83. The summed E-state index contributed by atoms with van der Waals surface area (Å²) in [7, 11) is -3.46. The summed E-state index contributed by atoms with van der Waals surface area (Å²) in [5, 5.41) is 4.82. The summed E-state index contributed by atoms with van der Waals surface area (Å²) in [5.41, 5.74) is -0.593. The molecule has 7 nitrogen and oxygen atoms in total. The lowest BCUT2D eigenvalue weighted by Crippen LogP contribution is -2.27. The van der Waals surface area contributed by atoms with Gasteiger partial charge in [0.25, 0.3) is 5.91 Å². The van der Waals surface area contributed by atoms with E-state index in [0.29, 0.717) is 0 Å². The number of carbonyl (C=O) groups is 2. The molecule has 0 aliphatic heterocycles. The summed E-state index contributed by atoms with van der Waals surface area (Å²) < 4.78 is 42.3. The lowest BCUT2D eigenvalue weighted by atomic mass is 10.2. The minimum Gasteiger partial charge on any atom is -0.444 e. The third-order valence-corrected chi connectivity index (χ3v) is 4.49. The highest BCUT2D eigenvalue weighted by Crippen LogP contribution is 2.22. The molecule has 0 aliphatic carbocycles. The van der Waals surface area contributed by atoms with Gasteiger partial charge < -0.3 is 10.1 Å². The molecule has 0 heterocycles. The van der Waals surface area contributed by atoms with Crippen molar-refractivity contribution in [3.63, 3.8) is 0 Å². The van der Waals surface area contributed by atoms with E-state index in [2.05, 4.69) is 10.6 Å². The molecule has 0 saturated heterocycles. The van der Waals surface area contributed by atoms with E-state index < -0.39 is 33.3 Å². The molecule has 0 spiro atoms. The largest absolute Gasteiger partial charge is 0.444 e. The number of amides is 2. The highest BCUT2D eigenvalue weighted by Gasteiger charge is 2.18. The fraction of sp³-hybridized carbons (Fsp3) is 0.263. The first-order valence-corrected chi connectivity index (χ1v) is 10.2. The van der Waals surface area contributed by atoms with Crippen LogP contribution < -0.4 is 10.6 Å². The van der Waals surface area contributed by atoms with Crippen LogP contribution in [0.25, 0.3) is 0 Å². The molecule has 0 bridgehead atoms. The van der Waals surface area contributed by atoms with E-state index in [4.69, 9.17) is 4.74 Å². The van der Waals surface area contributed by atoms with Crippen LogP contribution in [0.1, 0.15) is 31.1 Å². The fourth-order valence-electron chi connectivity index (χ4n) is 2.18. The third-order valence-electron chi connectivity index (χ3n) is 3.38. The lowest BCUT2D eigenvalue weighted by molar-refractivity contribution is 0.0635. The number of anilines is 2. The third kappa shape index (κ3) is 6.05. The SMILES string of the molecule is CC(C)(C)OC(=O)Nc1cc(NC(=O)c2cccc(S(C)(=O)=O)c2)ccc1F. The summed E-state index contributed by atoms with van der Waals surface area (Å²) in [4.78, 5) is 24.2. The van der Waals surface area contributed by atoms with Gasteiger partial charge in [-0.2, -0.15) is 0 Å². The van der Waals surface area contributed by atoms with Crippen LogP contribution in [0.15, 0.2) is 47.4 Å². The number of ether oxygens (including phenoxy) is 1. The van der Waals surface area contributed by atoms with Gasteiger partial charge in [-0.1, -0.05) is 6.07 Å². The van der Waals surface area contributed by atoms with Crippen LogP contribution in [-0.2, 0) is 14.6 Å². The lowest BCUT2D eigenvalue weighted by Gasteiger charge is -2.20. The molecule has 2 aromatic carbocycles. The minimum atomic E-state index is -3.46. The van der Waals surface area contributed by atoms with Gasteiger partial charge in [0.05, 0.1) is 10.6 Å². The maximum absolute atomic E-state index is 14.0. The van der Waals surface area contributed by atoms with Gasteiger partial charge in [-0.25, -0.2) is 17.6 Å². The van der Waals surface area contributed by atoms with Crippen molar-refractivity contribution in [2.45, 2.75) is 31.3 Å². The Kier molecular flexibility index (Phi) is 6.08. The molecule has 0 fully saturated rings. The van der Waals surface area contributed by atoms with Gasteiger partial charge in [-0.3, -0.25) is 10.1 Å². The molecular weight excluding hydrogens is 387 g/mol. The zero-order chi connectivity index (χ0) is 21.1. The second kappa shape index (κ2) is 7.97. The molecule has 0 radical (unpaired) electrons. The number of sulfone groups is 1. The fourth-order valence-corrected chi connectivity index (χ4v) is 2.85. The van der Waals surface area contributed by atoms with Crippen LogP contribution in [0.4, 0.5) is 20.6 Å². The first kappa shape index (κ1) is 21.4. The van der Waals surface area contributed by atoms with Crippen LogP contribution in [0, 0.1) is 5.82 Å². The molecule has 2 N–H and O–H groups in total. The first-order valence-electron chi connectivity index (χ1n) is 8.26. The average Bonchev–Trinajstić information content (AvgIpc) is 2.55. The van der Waals surface area contributed by atoms with Crippen molar-refractivity contribution >= 4 is 33.2 Å². The molecule has 9 heteroatoms. The van der Waals surface area contributed by atoms with E-state index in [1.54, 1.807) is 20.8 Å². The minimum absolute atomic E-state index is 0.00605. The number of hydrogen-bond acceptors (Lipinski definition) is 5. The number of hydrogen-bond donors (Lipinski definition) is 2. The zero-order valence-corrected chi connectivity index (χ0v) is 16.7. The van der Waals surface area contributed by atoms with E-state index >= 15 is 0 Å². The first-order chi connectivity index (χ1) is 12.8. The van der Waals surface area contributed by atoms with Gasteiger partial charge in [0.15, 0.2) is 9.84 Å². The summed E-state index contributed by atoms with van der Waals surface area (Å²) >= 11 is 0. The van der Waals surface area contributed by atoms with Crippen molar-refractivity contribution in [2.24, 2.45) is 0 Å². The van der Waals surface area contributed by atoms with Gasteiger partial charge in [0, 0.05) is 17.5 Å². The Morgan fingerprint density at radius 2 is 1.71 bits per heavy atom. The summed E-state index contributed by atoms with van der Waals surface area (Å²) in [6, 6.07) is 9.15. The number of benzene rings is 2.